The summed E-state index contributed by atoms with van der Waals surface area (Å²) in [5.41, 5.74) is 3.55. The van der Waals surface area contributed by atoms with Gasteiger partial charge < -0.3 is 4.57 Å². The molecular formula is C17H21N5. The number of para-hydroxylation sites is 2. The van der Waals surface area contributed by atoms with Crippen molar-refractivity contribution < 1.29 is 0 Å². The molecule has 0 radical (unpaired) electrons. The van der Waals surface area contributed by atoms with Crippen LogP contribution in [0.5, 0.6) is 0 Å². The molecule has 1 N–H and O–H groups in total. The summed E-state index contributed by atoms with van der Waals surface area (Å²) in [5.74, 6) is 1.71. The van der Waals surface area contributed by atoms with E-state index in [4.69, 9.17) is 4.98 Å². The molecule has 5 nitrogen and oxygen atoms in total. The molecule has 1 aliphatic heterocycles. The number of imidazole rings is 1. The molecule has 3 aromatic rings. The third-order valence-electron chi connectivity index (χ3n) is 4.71. The van der Waals surface area contributed by atoms with Crippen LogP contribution in [-0.2, 0) is 13.6 Å². The molecule has 1 fully saturated rings. The minimum Gasteiger partial charge on any atom is -0.330 e. The molecule has 0 saturated carbocycles. The van der Waals surface area contributed by atoms with Gasteiger partial charge in [0.15, 0.2) is 0 Å². The van der Waals surface area contributed by atoms with Gasteiger partial charge in [0.05, 0.1) is 17.6 Å². The Hall–Kier alpha value is -2.14. The highest BCUT2D eigenvalue weighted by atomic mass is 15.2. The number of aromatic nitrogens is 4. The van der Waals surface area contributed by atoms with Crippen molar-refractivity contribution in [3.8, 4) is 0 Å². The van der Waals surface area contributed by atoms with Crippen LogP contribution in [0.3, 0.4) is 0 Å². The van der Waals surface area contributed by atoms with Gasteiger partial charge in [0.25, 0.3) is 0 Å². The molecule has 2 aromatic heterocycles. The van der Waals surface area contributed by atoms with Gasteiger partial charge in [-0.3, -0.25) is 10.00 Å². The first-order valence-electron chi connectivity index (χ1n) is 7.93. The van der Waals surface area contributed by atoms with Crippen molar-refractivity contribution >= 4 is 11.0 Å². The predicted molar refractivity (Wildman–Crippen MR) is 86.6 cm³/mol. The number of hydrogen-bond acceptors (Lipinski definition) is 3. The molecule has 0 amide bonds. The van der Waals surface area contributed by atoms with E-state index in [0.717, 1.165) is 31.0 Å². The Morgan fingerprint density at radius 2 is 2.18 bits per heavy atom. The molecule has 22 heavy (non-hydrogen) atoms. The van der Waals surface area contributed by atoms with Gasteiger partial charge in [-0.15, -0.1) is 0 Å². The fourth-order valence-corrected chi connectivity index (χ4v) is 3.48. The minimum atomic E-state index is 0.561. The Bertz CT molecular complexity index is 759. The van der Waals surface area contributed by atoms with Crippen LogP contribution in [0, 0.1) is 0 Å². The second-order valence-electron chi connectivity index (χ2n) is 6.16. The molecule has 1 saturated heterocycles. The first-order chi connectivity index (χ1) is 10.8. The van der Waals surface area contributed by atoms with E-state index in [0.29, 0.717) is 5.92 Å². The highest BCUT2D eigenvalue weighted by molar-refractivity contribution is 5.75. The minimum absolute atomic E-state index is 0.561. The maximum atomic E-state index is 4.80. The number of fused-ring (bicyclic) bond motifs is 1. The third kappa shape index (κ3) is 2.41. The quantitative estimate of drug-likeness (QED) is 0.808. The van der Waals surface area contributed by atoms with Crippen LogP contribution in [0.15, 0.2) is 36.5 Å². The average molecular weight is 295 g/mol. The molecule has 4 rings (SSSR count). The first kappa shape index (κ1) is 13.5. The fraction of sp³-hybridized carbons (Fsp3) is 0.412. The summed E-state index contributed by atoms with van der Waals surface area (Å²) in [4.78, 5) is 7.31. The van der Waals surface area contributed by atoms with E-state index in [1.165, 1.54) is 24.1 Å². The number of piperidine rings is 1. The molecule has 0 bridgehead atoms. The van der Waals surface area contributed by atoms with Crippen molar-refractivity contribution in [3.63, 3.8) is 0 Å². The largest absolute Gasteiger partial charge is 0.330 e. The lowest BCUT2D eigenvalue weighted by molar-refractivity contribution is 0.193. The Kier molecular flexibility index (Phi) is 3.42. The van der Waals surface area contributed by atoms with E-state index in [9.17, 15) is 0 Å². The van der Waals surface area contributed by atoms with Crippen molar-refractivity contribution in [1.29, 1.82) is 0 Å². The number of likely N-dealkylation sites (tertiary alicyclic amines) is 1. The SMILES string of the molecule is Cn1c(CN2CCCC(c3ccn[nH]3)C2)nc2ccccc21. The fourth-order valence-electron chi connectivity index (χ4n) is 3.48. The summed E-state index contributed by atoms with van der Waals surface area (Å²) in [7, 11) is 2.11. The zero-order valence-corrected chi connectivity index (χ0v) is 12.9. The number of aromatic amines is 1. The van der Waals surface area contributed by atoms with E-state index in [1.54, 1.807) is 0 Å². The summed E-state index contributed by atoms with van der Waals surface area (Å²) < 4.78 is 2.22. The van der Waals surface area contributed by atoms with Gasteiger partial charge in [0.2, 0.25) is 0 Å². The van der Waals surface area contributed by atoms with Crippen LogP contribution < -0.4 is 0 Å². The van der Waals surface area contributed by atoms with Gasteiger partial charge in [0, 0.05) is 31.4 Å². The molecule has 3 heterocycles. The van der Waals surface area contributed by atoms with E-state index in [1.807, 2.05) is 12.3 Å². The summed E-state index contributed by atoms with van der Waals surface area (Å²) in [6, 6.07) is 10.4. The second kappa shape index (κ2) is 5.57. The van der Waals surface area contributed by atoms with Crippen molar-refractivity contribution in [3.05, 3.63) is 48.0 Å². The Labute approximate surface area is 130 Å². The number of rotatable bonds is 3. The van der Waals surface area contributed by atoms with E-state index in [2.05, 4.69) is 51.0 Å². The van der Waals surface area contributed by atoms with Crippen LogP contribution >= 0.6 is 0 Å². The Balaban J connectivity index is 1.53. The summed E-state index contributed by atoms with van der Waals surface area (Å²) >= 11 is 0. The van der Waals surface area contributed by atoms with Crippen molar-refractivity contribution in [2.75, 3.05) is 13.1 Å². The first-order valence-corrected chi connectivity index (χ1v) is 7.93. The van der Waals surface area contributed by atoms with Crippen LogP contribution in [0.1, 0.15) is 30.3 Å². The van der Waals surface area contributed by atoms with Gasteiger partial charge in [-0.05, 0) is 37.6 Å². The molecule has 0 aliphatic carbocycles. The van der Waals surface area contributed by atoms with Crippen LogP contribution in [0.2, 0.25) is 0 Å². The zero-order valence-electron chi connectivity index (χ0n) is 12.9. The molecule has 5 heteroatoms. The second-order valence-corrected chi connectivity index (χ2v) is 6.16. The number of hydrogen-bond donors (Lipinski definition) is 1. The van der Waals surface area contributed by atoms with Gasteiger partial charge in [-0.25, -0.2) is 4.98 Å². The molecule has 114 valence electrons. The van der Waals surface area contributed by atoms with Gasteiger partial charge >= 0.3 is 0 Å². The zero-order chi connectivity index (χ0) is 14.9. The van der Waals surface area contributed by atoms with E-state index >= 15 is 0 Å². The maximum absolute atomic E-state index is 4.80. The Morgan fingerprint density at radius 3 is 3.00 bits per heavy atom. The molecule has 1 aliphatic rings. The van der Waals surface area contributed by atoms with Crippen molar-refractivity contribution in [1.82, 2.24) is 24.6 Å². The Morgan fingerprint density at radius 1 is 1.27 bits per heavy atom. The van der Waals surface area contributed by atoms with E-state index in [-0.39, 0.29) is 0 Å². The summed E-state index contributed by atoms with van der Waals surface area (Å²) in [5, 5.41) is 7.22. The third-order valence-corrected chi connectivity index (χ3v) is 4.71. The van der Waals surface area contributed by atoms with Crippen LogP contribution in [-0.4, -0.2) is 37.7 Å². The highest BCUT2D eigenvalue weighted by Crippen LogP contribution is 2.26. The number of benzene rings is 1. The van der Waals surface area contributed by atoms with Crippen LogP contribution in [0.4, 0.5) is 0 Å². The lowest BCUT2D eigenvalue weighted by Gasteiger charge is -2.31. The topological polar surface area (TPSA) is 49.7 Å². The normalized spacial score (nSPS) is 19.8. The predicted octanol–water partition coefficient (Wildman–Crippen LogP) is 2.68. The van der Waals surface area contributed by atoms with Crippen molar-refractivity contribution in [2.24, 2.45) is 7.05 Å². The lowest BCUT2D eigenvalue weighted by atomic mass is 9.95. The number of H-pyrrole nitrogens is 1. The molecular weight excluding hydrogens is 274 g/mol. The number of nitrogens with zero attached hydrogens (tertiary/aromatic N) is 4. The summed E-state index contributed by atoms with van der Waals surface area (Å²) in [6.45, 7) is 3.13. The van der Waals surface area contributed by atoms with Gasteiger partial charge in [-0.2, -0.15) is 5.10 Å². The average Bonchev–Trinajstić information content (AvgIpc) is 3.18. The van der Waals surface area contributed by atoms with Gasteiger partial charge in [0.1, 0.15) is 5.82 Å². The van der Waals surface area contributed by atoms with Crippen molar-refractivity contribution in [2.45, 2.75) is 25.3 Å². The highest BCUT2D eigenvalue weighted by Gasteiger charge is 2.23. The smallest absolute Gasteiger partial charge is 0.123 e. The number of aryl methyl sites for hydroxylation is 1. The monoisotopic (exact) mass is 295 g/mol. The van der Waals surface area contributed by atoms with Gasteiger partial charge in [-0.1, -0.05) is 12.1 Å². The molecule has 1 unspecified atom stereocenters. The summed E-state index contributed by atoms with van der Waals surface area (Å²) in [6.07, 6.45) is 4.31. The lowest BCUT2D eigenvalue weighted by Crippen LogP contribution is -2.34. The van der Waals surface area contributed by atoms with E-state index < -0.39 is 0 Å². The molecule has 1 atom stereocenters. The van der Waals surface area contributed by atoms with Crippen LogP contribution in [0.25, 0.3) is 11.0 Å². The molecule has 1 aromatic carbocycles. The maximum Gasteiger partial charge on any atom is 0.123 e. The molecule has 0 spiro atoms. The standard InChI is InChI=1S/C17H21N5/c1-21-16-7-3-2-6-15(16)19-17(21)12-22-10-4-5-13(11-22)14-8-9-18-20-14/h2-3,6-9,13H,4-5,10-12H2,1H3,(H,18,20). The number of nitrogens with one attached hydrogen (secondary N) is 1.